The Morgan fingerprint density at radius 2 is 1.41 bits per heavy atom. The number of nitrogens with one attached hydrogen (secondary N) is 1. The van der Waals surface area contributed by atoms with Crippen LogP contribution in [-0.4, -0.2) is 30.9 Å². The molecular weight excluding hydrogens is 344 g/mol. The van der Waals surface area contributed by atoms with Gasteiger partial charge in [0.1, 0.15) is 0 Å². The minimum Gasteiger partial charge on any atom is -0.462 e. The van der Waals surface area contributed by atoms with Crippen LogP contribution < -0.4 is 5.32 Å². The van der Waals surface area contributed by atoms with Gasteiger partial charge >= 0.3 is 12.1 Å². The molecule has 0 rings (SSSR count). The molecule has 0 bridgehead atoms. The van der Waals surface area contributed by atoms with E-state index in [2.05, 4.69) is 17.1 Å². The second-order valence-electron chi connectivity index (χ2n) is 6.94. The minimum absolute atomic E-state index is 0.290. The Bertz CT molecular complexity index is 461. The van der Waals surface area contributed by atoms with Gasteiger partial charge in [0.05, 0.1) is 12.3 Å². The first kappa shape index (κ1) is 25.1. The van der Waals surface area contributed by atoms with Crippen molar-refractivity contribution in [2.75, 3.05) is 13.2 Å². The quantitative estimate of drug-likeness (QED) is 0.0952. The van der Waals surface area contributed by atoms with Crippen molar-refractivity contribution in [3.8, 4) is 0 Å². The van der Waals surface area contributed by atoms with Gasteiger partial charge in [-0.1, -0.05) is 70.0 Å². The van der Waals surface area contributed by atoms with Gasteiger partial charge in [0.15, 0.2) is 0 Å². The van der Waals surface area contributed by atoms with Crippen LogP contribution in [0, 0.1) is 0 Å². The second kappa shape index (κ2) is 17.6. The summed E-state index contributed by atoms with van der Waals surface area (Å²) in [5.41, 5.74) is 1.26. The summed E-state index contributed by atoms with van der Waals surface area (Å²) < 4.78 is 5.06. The van der Waals surface area contributed by atoms with E-state index in [9.17, 15) is 9.59 Å². The molecule has 0 radical (unpaired) electrons. The molecule has 0 saturated heterocycles. The fourth-order valence-electron chi connectivity index (χ4n) is 2.34. The molecule has 0 aliphatic heterocycles. The molecule has 0 aromatic heterocycles. The number of carbonyl (C=O) groups is 2. The van der Waals surface area contributed by atoms with Crippen molar-refractivity contribution in [2.45, 2.75) is 91.4 Å². The summed E-state index contributed by atoms with van der Waals surface area (Å²) in [7, 11) is 0. The van der Waals surface area contributed by atoms with E-state index in [4.69, 9.17) is 9.57 Å². The van der Waals surface area contributed by atoms with E-state index in [1.807, 2.05) is 13.8 Å². The van der Waals surface area contributed by atoms with Gasteiger partial charge in [-0.15, -0.1) is 0 Å². The average Bonchev–Trinajstić information content (AvgIpc) is 2.65. The van der Waals surface area contributed by atoms with Gasteiger partial charge in [-0.3, -0.25) is 4.84 Å². The van der Waals surface area contributed by atoms with E-state index >= 15 is 0 Å². The van der Waals surface area contributed by atoms with Crippen LogP contribution in [0.25, 0.3) is 0 Å². The highest BCUT2D eigenvalue weighted by Gasteiger charge is 2.02. The highest BCUT2D eigenvalue weighted by Crippen LogP contribution is 2.10. The van der Waals surface area contributed by atoms with Crippen molar-refractivity contribution in [1.82, 2.24) is 5.32 Å². The molecule has 156 valence electrons. The number of esters is 1. The highest BCUT2D eigenvalue weighted by atomic mass is 16.7. The Morgan fingerprint density at radius 1 is 0.889 bits per heavy atom. The Kier molecular flexibility index (Phi) is 16.4. The molecule has 0 fully saturated rings. The molecule has 0 saturated carbocycles. The lowest BCUT2D eigenvalue weighted by Crippen LogP contribution is -2.24. The molecule has 27 heavy (non-hydrogen) atoms. The summed E-state index contributed by atoms with van der Waals surface area (Å²) in [4.78, 5) is 27.3. The van der Waals surface area contributed by atoms with Crippen molar-refractivity contribution < 1.29 is 19.2 Å². The van der Waals surface area contributed by atoms with Gasteiger partial charge in [-0.2, -0.15) is 0 Å². The van der Waals surface area contributed by atoms with Crippen molar-refractivity contribution >= 4 is 17.8 Å². The summed E-state index contributed by atoms with van der Waals surface area (Å²) in [5, 5.41) is 6.42. The van der Waals surface area contributed by atoms with Crippen LogP contribution in [0.4, 0.5) is 4.79 Å². The van der Waals surface area contributed by atoms with Crippen LogP contribution in [0.1, 0.15) is 91.4 Å². The summed E-state index contributed by atoms with van der Waals surface area (Å²) >= 11 is 0. The summed E-state index contributed by atoms with van der Waals surface area (Å²) in [6.45, 7) is 10.1. The van der Waals surface area contributed by atoms with E-state index in [1.165, 1.54) is 38.5 Å². The molecule has 1 amide bonds. The number of unbranched alkanes of at least 4 members (excludes halogenated alkanes) is 9. The van der Waals surface area contributed by atoms with E-state index in [-0.39, 0.29) is 5.97 Å². The third-order valence-corrected chi connectivity index (χ3v) is 4.22. The summed E-state index contributed by atoms with van der Waals surface area (Å²) in [6.07, 6.45) is 11.8. The van der Waals surface area contributed by atoms with Crippen LogP contribution in [0.2, 0.25) is 0 Å². The van der Waals surface area contributed by atoms with Crippen molar-refractivity contribution in [1.29, 1.82) is 0 Å². The van der Waals surface area contributed by atoms with Gasteiger partial charge in [0.25, 0.3) is 0 Å². The summed E-state index contributed by atoms with van der Waals surface area (Å²) in [6, 6.07) is 0. The minimum atomic E-state index is -0.475. The third-order valence-electron chi connectivity index (χ3n) is 4.22. The number of carbonyl (C=O) groups excluding carboxylic acids is 2. The number of ether oxygens (including phenoxy) is 1. The zero-order valence-corrected chi connectivity index (χ0v) is 17.5. The zero-order valence-electron chi connectivity index (χ0n) is 17.5. The van der Waals surface area contributed by atoms with Gasteiger partial charge in [0, 0.05) is 12.1 Å². The van der Waals surface area contributed by atoms with Crippen LogP contribution >= 0.6 is 0 Å². The molecule has 0 unspecified atom stereocenters. The molecular formula is C21H38N2O4. The lowest BCUT2D eigenvalue weighted by atomic mass is 10.1. The fraction of sp³-hybridized carbons (Fsp3) is 0.762. The lowest BCUT2D eigenvalue weighted by molar-refractivity contribution is -0.139. The largest absolute Gasteiger partial charge is 0.462 e. The number of rotatable bonds is 16. The Morgan fingerprint density at radius 3 is 1.93 bits per heavy atom. The predicted molar refractivity (Wildman–Crippen MR) is 110 cm³/mol. The fourth-order valence-corrected chi connectivity index (χ4v) is 2.34. The van der Waals surface area contributed by atoms with E-state index in [1.54, 1.807) is 6.92 Å². The number of amides is 1. The van der Waals surface area contributed by atoms with Gasteiger partial charge in [-0.05, 0) is 33.1 Å². The number of hydrogen-bond donors (Lipinski definition) is 1. The molecule has 0 aromatic carbocycles. The van der Waals surface area contributed by atoms with E-state index < -0.39 is 6.09 Å². The maximum absolute atomic E-state index is 11.4. The topological polar surface area (TPSA) is 77.0 Å². The predicted octanol–water partition coefficient (Wildman–Crippen LogP) is 5.52. The van der Waals surface area contributed by atoms with E-state index in [0.717, 1.165) is 37.8 Å². The first-order chi connectivity index (χ1) is 13.0. The molecule has 0 aliphatic rings. The van der Waals surface area contributed by atoms with Crippen LogP contribution in [0.5, 0.6) is 0 Å². The van der Waals surface area contributed by atoms with Gasteiger partial charge in [0.2, 0.25) is 0 Å². The number of oxime groups is 1. The van der Waals surface area contributed by atoms with Crippen molar-refractivity contribution in [3.05, 3.63) is 12.2 Å². The van der Waals surface area contributed by atoms with Gasteiger partial charge < -0.3 is 10.1 Å². The van der Waals surface area contributed by atoms with Crippen molar-refractivity contribution in [2.24, 2.45) is 5.16 Å². The Hall–Kier alpha value is -1.85. The van der Waals surface area contributed by atoms with Crippen LogP contribution in [0.3, 0.4) is 0 Å². The molecule has 0 aromatic rings. The first-order valence-corrected chi connectivity index (χ1v) is 10.3. The average molecular weight is 383 g/mol. The van der Waals surface area contributed by atoms with Crippen molar-refractivity contribution in [3.63, 3.8) is 0 Å². The summed E-state index contributed by atoms with van der Waals surface area (Å²) in [5.74, 6) is -0.290. The molecule has 0 atom stereocenters. The standard InChI is InChI=1S/C21H38N2O4/c1-5-19(4)23-27-21(25)22-16-14-12-10-8-6-7-9-11-13-15-17-26-20(24)18(2)3/h2,5-17H2,1,3-4H3,(H,22,25). The maximum Gasteiger partial charge on any atom is 0.433 e. The zero-order chi connectivity index (χ0) is 20.3. The molecule has 1 N–H and O–H groups in total. The van der Waals surface area contributed by atoms with Crippen LogP contribution in [-0.2, 0) is 14.4 Å². The maximum atomic E-state index is 11.4. The van der Waals surface area contributed by atoms with E-state index in [0.29, 0.717) is 18.7 Å². The first-order valence-electron chi connectivity index (χ1n) is 10.3. The Labute approximate surface area is 164 Å². The van der Waals surface area contributed by atoms with Gasteiger partial charge in [-0.25, -0.2) is 9.59 Å². The third kappa shape index (κ3) is 17.3. The lowest BCUT2D eigenvalue weighted by Gasteiger charge is -2.05. The monoisotopic (exact) mass is 382 g/mol. The highest BCUT2D eigenvalue weighted by molar-refractivity contribution is 5.86. The number of hydrogen-bond acceptors (Lipinski definition) is 5. The molecule has 6 nitrogen and oxygen atoms in total. The normalized spacial score (nSPS) is 11.1. The second-order valence-corrected chi connectivity index (χ2v) is 6.94. The number of nitrogens with zero attached hydrogens (tertiary/aromatic N) is 1. The SMILES string of the molecule is C=C(C)C(=O)OCCCCCCCCCCCCNC(=O)ON=C(C)CC. The molecule has 6 heteroatoms. The van der Waals surface area contributed by atoms with Crippen LogP contribution in [0.15, 0.2) is 17.3 Å². The molecule has 0 aliphatic carbocycles. The Balaban J connectivity index is 3.26. The molecule has 0 heterocycles. The smallest absolute Gasteiger partial charge is 0.433 e. The molecule has 0 spiro atoms.